The lowest BCUT2D eigenvalue weighted by Gasteiger charge is -2.02. The highest BCUT2D eigenvalue weighted by Crippen LogP contribution is 2.17. The SMILES string of the molecule is CCSCc1cccc(C#N)c1F. The van der Waals surface area contributed by atoms with Gasteiger partial charge in [-0.05, 0) is 17.4 Å². The molecule has 0 aromatic heterocycles. The quantitative estimate of drug-likeness (QED) is 0.740. The van der Waals surface area contributed by atoms with Crippen LogP contribution in [0.1, 0.15) is 18.1 Å². The summed E-state index contributed by atoms with van der Waals surface area (Å²) in [4.78, 5) is 0. The molecule has 0 bridgehead atoms. The van der Waals surface area contributed by atoms with Gasteiger partial charge in [-0.3, -0.25) is 0 Å². The lowest BCUT2D eigenvalue weighted by molar-refractivity contribution is 0.613. The third-order valence-electron chi connectivity index (χ3n) is 1.66. The van der Waals surface area contributed by atoms with Crippen LogP contribution >= 0.6 is 11.8 Å². The van der Waals surface area contributed by atoms with Crippen LogP contribution in [0.2, 0.25) is 0 Å². The summed E-state index contributed by atoms with van der Waals surface area (Å²) in [5.74, 6) is 1.22. The first-order valence-electron chi connectivity index (χ1n) is 4.04. The predicted octanol–water partition coefficient (Wildman–Crippen LogP) is 2.95. The van der Waals surface area contributed by atoms with Crippen LogP contribution in [0.5, 0.6) is 0 Å². The number of benzene rings is 1. The van der Waals surface area contributed by atoms with E-state index in [9.17, 15) is 4.39 Å². The van der Waals surface area contributed by atoms with Gasteiger partial charge in [-0.1, -0.05) is 19.1 Å². The second-order valence-electron chi connectivity index (χ2n) is 2.53. The summed E-state index contributed by atoms with van der Waals surface area (Å²) >= 11 is 1.65. The summed E-state index contributed by atoms with van der Waals surface area (Å²) in [7, 11) is 0. The van der Waals surface area contributed by atoms with Crippen molar-refractivity contribution < 1.29 is 4.39 Å². The Morgan fingerprint density at radius 1 is 1.54 bits per heavy atom. The molecule has 0 N–H and O–H groups in total. The summed E-state index contributed by atoms with van der Waals surface area (Å²) in [6.45, 7) is 2.02. The molecular formula is C10H10FNS. The summed E-state index contributed by atoms with van der Waals surface area (Å²) in [6, 6.07) is 6.76. The van der Waals surface area contributed by atoms with Crippen LogP contribution in [0.25, 0.3) is 0 Å². The van der Waals surface area contributed by atoms with Crippen molar-refractivity contribution in [2.75, 3.05) is 5.75 Å². The Hall–Kier alpha value is -1.01. The number of rotatable bonds is 3. The molecular weight excluding hydrogens is 185 g/mol. The van der Waals surface area contributed by atoms with Gasteiger partial charge in [-0.15, -0.1) is 0 Å². The van der Waals surface area contributed by atoms with Gasteiger partial charge in [0.15, 0.2) is 0 Å². The van der Waals surface area contributed by atoms with Gasteiger partial charge in [0.1, 0.15) is 11.9 Å². The number of nitriles is 1. The average Bonchev–Trinajstić information content (AvgIpc) is 2.16. The monoisotopic (exact) mass is 195 g/mol. The Balaban J connectivity index is 2.90. The summed E-state index contributed by atoms with van der Waals surface area (Å²) in [5.41, 5.74) is 0.750. The molecule has 0 aliphatic heterocycles. The van der Waals surface area contributed by atoms with E-state index in [2.05, 4.69) is 0 Å². The van der Waals surface area contributed by atoms with Crippen LogP contribution < -0.4 is 0 Å². The fraction of sp³-hybridized carbons (Fsp3) is 0.300. The molecule has 3 heteroatoms. The Bertz CT molecular complexity index is 330. The molecule has 1 aromatic carbocycles. The summed E-state index contributed by atoms with van der Waals surface area (Å²) in [5, 5.41) is 8.57. The fourth-order valence-corrected chi connectivity index (χ4v) is 1.64. The zero-order valence-corrected chi connectivity index (χ0v) is 8.20. The Labute approximate surface area is 81.6 Å². The molecule has 0 heterocycles. The van der Waals surface area contributed by atoms with Crippen molar-refractivity contribution in [2.24, 2.45) is 0 Å². The normalized spacial score (nSPS) is 9.62. The molecule has 0 amide bonds. The Morgan fingerprint density at radius 2 is 2.31 bits per heavy atom. The molecule has 1 rings (SSSR count). The molecule has 13 heavy (non-hydrogen) atoms. The van der Waals surface area contributed by atoms with E-state index in [0.717, 1.165) is 5.75 Å². The van der Waals surface area contributed by atoms with Gasteiger partial charge >= 0.3 is 0 Å². The number of nitrogens with zero attached hydrogens (tertiary/aromatic N) is 1. The summed E-state index contributed by atoms with van der Waals surface area (Å²) in [6.07, 6.45) is 0. The largest absolute Gasteiger partial charge is 0.205 e. The van der Waals surface area contributed by atoms with Crippen molar-refractivity contribution in [3.63, 3.8) is 0 Å². The van der Waals surface area contributed by atoms with E-state index in [1.165, 1.54) is 6.07 Å². The van der Waals surface area contributed by atoms with Crippen molar-refractivity contribution in [1.29, 1.82) is 5.26 Å². The van der Waals surface area contributed by atoms with Crippen LogP contribution in [-0.2, 0) is 5.75 Å². The molecule has 1 nitrogen and oxygen atoms in total. The highest BCUT2D eigenvalue weighted by Gasteiger charge is 2.06. The molecule has 0 saturated carbocycles. The van der Waals surface area contributed by atoms with Gasteiger partial charge in [0, 0.05) is 5.75 Å². The molecule has 0 radical (unpaired) electrons. The second-order valence-corrected chi connectivity index (χ2v) is 3.80. The van der Waals surface area contributed by atoms with Crippen molar-refractivity contribution in [2.45, 2.75) is 12.7 Å². The highest BCUT2D eigenvalue weighted by molar-refractivity contribution is 7.98. The van der Waals surface area contributed by atoms with E-state index in [4.69, 9.17) is 5.26 Å². The number of halogens is 1. The Morgan fingerprint density at radius 3 is 2.92 bits per heavy atom. The highest BCUT2D eigenvalue weighted by atomic mass is 32.2. The van der Waals surface area contributed by atoms with Crippen LogP contribution in [-0.4, -0.2) is 5.75 Å². The van der Waals surface area contributed by atoms with E-state index >= 15 is 0 Å². The summed E-state index contributed by atoms with van der Waals surface area (Å²) < 4.78 is 13.4. The second kappa shape index (κ2) is 4.88. The first-order valence-corrected chi connectivity index (χ1v) is 5.20. The zero-order valence-electron chi connectivity index (χ0n) is 7.38. The van der Waals surface area contributed by atoms with E-state index in [0.29, 0.717) is 11.3 Å². The van der Waals surface area contributed by atoms with E-state index in [1.807, 2.05) is 13.0 Å². The lowest BCUT2D eigenvalue weighted by atomic mass is 10.1. The van der Waals surface area contributed by atoms with Gasteiger partial charge in [0.25, 0.3) is 0 Å². The maximum absolute atomic E-state index is 13.4. The van der Waals surface area contributed by atoms with E-state index < -0.39 is 0 Å². The van der Waals surface area contributed by atoms with Crippen molar-refractivity contribution >= 4 is 11.8 Å². The van der Waals surface area contributed by atoms with E-state index in [1.54, 1.807) is 23.9 Å². The minimum atomic E-state index is -0.369. The molecule has 0 atom stereocenters. The molecule has 0 aliphatic carbocycles. The molecule has 0 saturated heterocycles. The van der Waals surface area contributed by atoms with Crippen LogP contribution in [0, 0.1) is 17.1 Å². The maximum Gasteiger partial charge on any atom is 0.144 e. The number of thioether (sulfide) groups is 1. The van der Waals surface area contributed by atoms with Gasteiger partial charge in [0.05, 0.1) is 5.56 Å². The van der Waals surface area contributed by atoms with E-state index in [-0.39, 0.29) is 11.4 Å². The lowest BCUT2D eigenvalue weighted by Crippen LogP contribution is -1.91. The molecule has 0 fully saturated rings. The number of hydrogen-bond donors (Lipinski definition) is 0. The van der Waals surface area contributed by atoms with Crippen LogP contribution in [0.4, 0.5) is 4.39 Å². The third kappa shape index (κ3) is 2.46. The molecule has 1 aromatic rings. The topological polar surface area (TPSA) is 23.8 Å². The smallest absolute Gasteiger partial charge is 0.144 e. The van der Waals surface area contributed by atoms with Gasteiger partial charge in [-0.2, -0.15) is 17.0 Å². The van der Waals surface area contributed by atoms with Crippen LogP contribution in [0.3, 0.4) is 0 Å². The molecule has 0 spiro atoms. The van der Waals surface area contributed by atoms with Crippen LogP contribution in [0.15, 0.2) is 18.2 Å². The third-order valence-corrected chi connectivity index (χ3v) is 2.58. The van der Waals surface area contributed by atoms with Gasteiger partial charge < -0.3 is 0 Å². The van der Waals surface area contributed by atoms with Gasteiger partial charge in [-0.25, -0.2) is 4.39 Å². The molecule has 0 aliphatic rings. The average molecular weight is 195 g/mol. The van der Waals surface area contributed by atoms with Crippen molar-refractivity contribution in [1.82, 2.24) is 0 Å². The standard InChI is InChI=1S/C10H10FNS/c1-2-13-7-9-5-3-4-8(6-12)10(9)11/h3-5H,2,7H2,1H3. The van der Waals surface area contributed by atoms with Crippen molar-refractivity contribution in [3.8, 4) is 6.07 Å². The Kier molecular flexibility index (Phi) is 3.78. The van der Waals surface area contributed by atoms with Crippen molar-refractivity contribution in [3.05, 3.63) is 35.1 Å². The first kappa shape index (κ1) is 10.1. The zero-order chi connectivity index (χ0) is 9.68. The number of hydrogen-bond acceptors (Lipinski definition) is 2. The first-order chi connectivity index (χ1) is 6.29. The fourth-order valence-electron chi connectivity index (χ4n) is 0.990. The minimum Gasteiger partial charge on any atom is -0.205 e. The minimum absolute atomic E-state index is 0.134. The maximum atomic E-state index is 13.4. The van der Waals surface area contributed by atoms with Gasteiger partial charge in [0.2, 0.25) is 0 Å². The molecule has 68 valence electrons. The predicted molar refractivity (Wildman–Crippen MR) is 53.0 cm³/mol. The molecule has 0 unspecified atom stereocenters.